The zero-order chi connectivity index (χ0) is 24.1. The number of hydrogen-bond acceptors (Lipinski definition) is 8. The number of ether oxygens (including phenoxy) is 1. The maximum atomic E-state index is 12.7. The fraction of sp³-hybridized carbons (Fsp3) is 0.0833. The minimum absolute atomic E-state index is 0.0444. The van der Waals surface area contributed by atoms with Crippen LogP contribution in [0.15, 0.2) is 77.3 Å². The Hall–Kier alpha value is -4.86. The lowest BCUT2D eigenvalue weighted by Gasteiger charge is -2.10. The summed E-state index contributed by atoms with van der Waals surface area (Å²) < 4.78 is 10.4. The fourth-order valence-corrected chi connectivity index (χ4v) is 3.12. The second kappa shape index (κ2) is 9.74. The van der Waals surface area contributed by atoms with Crippen LogP contribution >= 0.6 is 0 Å². The first-order valence-corrected chi connectivity index (χ1v) is 10.1. The molecule has 3 aromatic carbocycles. The molecule has 4 rings (SSSR count). The maximum absolute atomic E-state index is 12.7. The van der Waals surface area contributed by atoms with Crippen molar-refractivity contribution in [2.45, 2.75) is 13.5 Å². The van der Waals surface area contributed by atoms with E-state index in [9.17, 15) is 19.7 Å². The fourth-order valence-electron chi connectivity index (χ4n) is 3.12. The zero-order valence-electron chi connectivity index (χ0n) is 17.9. The number of benzene rings is 3. The Kier molecular flexibility index (Phi) is 6.40. The molecule has 1 N–H and O–H groups in total. The van der Waals surface area contributed by atoms with E-state index in [1.807, 2.05) is 13.0 Å². The van der Waals surface area contributed by atoms with Crippen molar-refractivity contribution in [1.82, 2.24) is 10.1 Å². The molecule has 0 radical (unpaired) electrons. The number of non-ortho nitro benzene ring substituents is 1. The average Bonchev–Trinajstić information content (AvgIpc) is 3.32. The number of hydrogen-bond donors (Lipinski definition) is 1. The molecule has 0 aliphatic heterocycles. The number of esters is 1. The van der Waals surface area contributed by atoms with Gasteiger partial charge in [-0.25, -0.2) is 4.79 Å². The molecule has 10 nitrogen and oxygen atoms in total. The number of nitro benzene ring substituents is 1. The van der Waals surface area contributed by atoms with Crippen molar-refractivity contribution in [3.8, 4) is 11.4 Å². The number of anilines is 1. The molecule has 1 aromatic heterocycles. The Labute approximate surface area is 193 Å². The van der Waals surface area contributed by atoms with Crippen molar-refractivity contribution in [2.75, 3.05) is 5.32 Å². The molecule has 4 aromatic rings. The number of para-hydroxylation sites is 1. The zero-order valence-corrected chi connectivity index (χ0v) is 17.9. The van der Waals surface area contributed by atoms with Crippen molar-refractivity contribution in [1.29, 1.82) is 0 Å². The summed E-state index contributed by atoms with van der Waals surface area (Å²) in [5.41, 5.74) is 2.32. The Bertz CT molecular complexity index is 1360. The number of aryl methyl sites for hydroxylation is 1. The van der Waals surface area contributed by atoms with Crippen molar-refractivity contribution >= 4 is 23.3 Å². The van der Waals surface area contributed by atoms with Crippen LogP contribution in [-0.4, -0.2) is 26.9 Å². The highest BCUT2D eigenvalue weighted by Crippen LogP contribution is 2.21. The van der Waals surface area contributed by atoms with Crippen LogP contribution in [0.3, 0.4) is 0 Å². The molecule has 0 saturated heterocycles. The SMILES string of the molecule is Cc1cccc(C(=O)Nc2ccccc2C(=O)OCc2nc(-c3ccc([N+](=O)[O-])cc3)no2)c1. The van der Waals surface area contributed by atoms with Crippen molar-refractivity contribution in [3.63, 3.8) is 0 Å². The van der Waals surface area contributed by atoms with Crippen LogP contribution in [0.1, 0.15) is 32.2 Å². The van der Waals surface area contributed by atoms with E-state index in [1.165, 1.54) is 30.3 Å². The first kappa shape index (κ1) is 22.3. The minimum atomic E-state index is -0.685. The van der Waals surface area contributed by atoms with Gasteiger partial charge in [0.1, 0.15) is 0 Å². The number of nitrogens with zero attached hydrogens (tertiary/aromatic N) is 3. The molecule has 0 aliphatic carbocycles. The normalized spacial score (nSPS) is 10.5. The van der Waals surface area contributed by atoms with Crippen LogP contribution in [0.25, 0.3) is 11.4 Å². The summed E-state index contributed by atoms with van der Waals surface area (Å²) in [6.45, 7) is 1.59. The molecule has 0 fully saturated rings. The monoisotopic (exact) mass is 458 g/mol. The van der Waals surface area contributed by atoms with Gasteiger partial charge in [0.2, 0.25) is 5.82 Å². The highest BCUT2D eigenvalue weighted by atomic mass is 16.6. The quantitative estimate of drug-likeness (QED) is 0.242. The molecule has 34 heavy (non-hydrogen) atoms. The Balaban J connectivity index is 1.42. The second-order valence-corrected chi connectivity index (χ2v) is 7.26. The molecule has 10 heteroatoms. The lowest BCUT2D eigenvalue weighted by Crippen LogP contribution is -2.16. The molecule has 0 spiro atoms. The van der Waals surface area contributed by atoms with E-state index < -0.39 is 10.9 Å². The molecule has 0 atom stereocenters. The van der Waals surface area contributed by atoms with Gasteiger partial charge in [-0.1, -0.05) is 35.0 Å². The molecule has 1 heterocycles. The van der Waals surface area contributed by atoms with Gasteiger partial charge in [-0.05, 0) is 43.3 Å². The number of carbonyl (C=O) groups excluding carboxylic acids is 2. The molecule has 170 valence electrons. The average molecular weight is 458 g/mol. The Morgan fingerprint density at radius 3 is 2.56 bits per heavy atom. The predicted molar refractivity (Wildman–Crippen MR) is 121 cm³/mol. The van der Waals surface area contributed by atoms with Gasteiger partial charge in [0.15, 0.2) is 6.61 Å². The summed E-state index contributed by atoms with van der Waals surface area (Å²) in [7, 11) is 0. The van der Waals surface area contributed by atoms with E-state index >= 15 is 0 Å². The molecular weight excluding hydrogens is 440 g/mol. The third-order valence-corrected chi connectivity index (χ3v) is 4.81. The predicted octanol–water partition coefficient (Wildman–Crippen LogP) is 4.56. The lowest BCUT2D eigenvalue weighted by atomic mass is 10.1. The van der Waals surface area contributed by atoms with Crippen LogP contribution in [0, 0.1) is 17.0 Å². The number of carbonyl (C=O) groups is 2. The molecule has 0 saturated carbocycles. The minimum Gasteiger partial charge on any atom is -0.452 e. The summed E-state index contributed by atoms with van der Waals surface area (Å²) in [5.74, 6) is -0.793. The number of amides is 1. The summed E-state index contributed by atoms with van der Waals surface area (Å²) in [4.78, 5) is 39.7. The van der Waals surface area contributed by atoms with Crippen LogP contribution < -0.4 is 5.32 Å². The highest BCUT2D eigenvalue weighted by Gasteiger charge is 2.17. The van der Waals surface area contributed by atoms with Crippen molar-refractivity contribution in [2.24, 2.45) is 0 Å². The van der Waals surface area contributed by atoms with Gasteiger partial charge in [-0.3, -0.25) is 14.9 Å². The third kappa shape index (κ3) is 5.13. The van der Waals surface area contributed by atoms with Crippen LogP contribution in [0.2, 0.25) is 0 Å². The van der Waals surface area contributed by atoms with Gasteiger partial charge in [-0.2, -0.15) is 4.98 Å². The summed E-state index contributed by atoms with van der Waals surface area (Å²) in [5, 5.41) is 17.3. The Morgan fingerprint density at radius 2 is 1.82 bits per heavy atom. The van der Waals surface area contributed by atoms with E-state index in [0.717, 1.165) is 5.56 Å². The van der Waals surface area contributed by atoms with Crippen molar-refractivity contribution < 1.29 is 23.8 Å². The number of nitrogens with one attached hydrogen (secondary N) is 1. The molecular formula is C24H18N4O6. The van der Waals surface area contributed by atoms with Crippen LogP contribution in [-0.2, 0) is 11.3 Å². The van der Waals surface area contributed by atoms with Crippen molar-refractivity contribution in [3.05, 3.63) is 105 Å². The maximum Gasteiger partial charge on any atom is 0.340 e. The third-order valence-electron chi connectivity index (χ3n) is 4.81. The van der Waals surface area contributed by atoms with Gasteiger partial charge in [0.25, 0.3) is 17.5 Å². The second-order valence-electron chi connectivity index (χ2n) is 7.26. The van der Waals surface area contributed by atoms with Gasteiger partial charge >= 0.3 is 5.97 Å². The van der Waals surface area contributed by atoms with Crippen LogP contribution in [0.4, 0.5) is 11.4 Å². The first-order valence-electron chi connectivity index (χ1n) is 10.1. The van der Waals surface area contributed by atoms with Gasteiger partial charge < -0.3 is 14.6 Å². The first-order chi connectivity index (χ1) is 16.4. The summed E-state index contributed by atoms with van der Waals surface area (Å²) in [6.07, 6.45) is 0. The van der Waals surface area contributed by atoms with Gasteiger partial charge in [-0.15, -0.1) is 0 Å². The number of rotatable bonds is 7. The molecule has 0 bridgehead atoms. The number of aromatic nitrogens is 2. The van der Waals surface area contributed by atoms with E-state index in [2.05, 4.69) is 15.5 Å². The lowest BCUT2D eigenvalue weighted by molar-refractivity contribution is -0.384. The standard InChI is InChI=1S/C24H18N4O6/c1-15-5-4-6-17(13-15)23(29)25-20-8-3-2-7-19(20)24(30)33-14-21-26-22(27-34-21)16-9-11-18(12-10-16)28(31)32/h2-13H,14H2,1H3,(H,25,29). The van der Waals surface area contributed by atoms with E-state index in [0.29, 0.717) is 16.8 Å². The Morgan fingerprint density at radius 1 is 1.06 bits per heavy atom. The highest BCUT2D eigenvalue weighted by molar-refractivity contribution is 6.08. The van der Waals surface area contributed by atoms with Gasteiger partial charge in [0, 0.05) is 23.3 Å². The van der Waals surface area contributed by atoms with E-state index in [4.69, 9.17) is 9.26 Å². The topological polar surface area (TPSA) is 137 Å². The summed E-state index contributed by atoms with van der Waals surface area (Å²) >= 11 is 0. The van der Waals surface area contributed by atoms with Crippen LogP contribution in [0.5, 0.6) is 0 Å². The molecule has 1 amide bonds. The molecule has 0 aliphatic rings. The smallest absolute Gasteiger partial charge is 0.340 e. The largest absolute Gasteiger partial charge is 0.452 e. The number of nitro groups is 1. The summed E-state index contributed by atoms with van der Waals surface area (Å²) in [6, 6.07) is 19.2. The molecule has 0 unspecified atom stereocenters. The van der Waals surface area contributed by atoms with E-state index in [-0.39, 0.29) is 35.5 Å². The van der Waals surface area contributed by atoms with E-state index in [1.54, 1.807) is 36.4 Å². The van der Waals surface area contributed by atoms with Gasteiger partial charge in [0.05, 0.1) is 16.2 Å².